The van der Waals surface area contributed by atoms with Crippen molar-refractivity contribution in [2.75, 3.05) is 26.2 Å². The normalized spacial score (nSPS) is 10.8. The molecule has 0 atom stereocenters. The van der Waals surface area contributed by atoms with Crippen LogP contribution in [0.2, 0.25) is 0 Å². The third-order valence-corrected chi connectivity index (χ3v) is 7.68. The SMILES string of the molecule is CCCCCCCCC[N-]CCCCCCCCC.CCCCCCCCC[N-]CCCCCCCCC.[Mg+2]. The molecule has 0 fully saturated rings. The maximum absolute atomic E-state index is 4.64. The fourth-order valence-corrected chi connectivity index (χ4v) is 4.95. The number of hydrogen-bond donors (Lipinski definition) is 0. The van der Waals surface area contributed by atoms with E-state index in [2.05, 4.69) is 38.3 Å². The Kier molecular flexibility index (Phi) is 51.7. The zero-order valence-corrected chi connectivity index (χ0v) is 29.6. The van der Waals surface area contributed by atoms with Gasteiger partial charge in [0.05, 0.1) is 0 Å². The summed E-state index contributed by atoms with van der Waals surface area (Å²) in [6.07, 6.45) is 39.1. The number of unbranched alkanes of at least 4 members (excludes halogenated alkanes) is 24. The molecule has 0 bridgehead atoms. The van der Waals surface area contributed by atoms with E-state index in [1.807, 2.05) is 0 Å². The average molecular weight is 561 g/mol. The average Bonchev–Trinajstić information content (AvgIpc) is 2.93. The quantitative estimate of drug-likeness (QED) is 0.0578. The smallest absolute Gasteiger partial charge is 0.662 e. The third kappa shape index (κ3) is 48.7. The molecular formula is C36H76MgN2. The van der Waals surface area contributed by atoms with Crippen LogP contribution in [0.15, 0.2) is 0 Å². The second-order valence-corrected chi connectivity index (χ2v) is 11.8. The summed E-state index contributed by atoms with van der Waals surface area (Å²) in [6, 6.07) is 0. The predicted octanol–water partition coefficient (Wildman–Crippen LogP) is 13.3. The van der Waals surface area contributed by atoms with Crippen molar-refractivity contribution in [3.63, 3.8) is 0 Å². The van der Waals surface area contributed by atoms with Crippen LogP contribution in [0.1, 0.15) is 207 Å². The molecule has 232 valence electrons. The molecule has 0 rings (SSSR count). The molecule has 2 nitrogen and oxygen atoms in total. The molecular weight excluding hydrogens is 485 g/mol. The van der Waals surface area contributed by atoms with E-state index >= 15 is 0 Å². The summed E-state index contributed by atoms with van der Waals surface area (Å²) in [7, 11) is 0. The van der Waals surface area contributed by atoms with Gasteiger partial charge in [-0.3, -0.25) is 0 Å². The van der Waals surface area contributed by atoms with E-state index in [4.69, 9.17) is 0 Å². The van der Waals surface area contributed by atoms with Crippen molar-refractivity contribution in [3.8, 4) is 0 Å². The zero-order valence-electron chi connectivity index (χ0n) is 28.2. The van der Waals surface area contributed by atoms with Gasteiger partial charge >= 0.3 is 23.1 Å². The Morgan fingerprint density at radius 1 is 0.231 bits per heavy atom. The molecule has 0 aliphatic carbocycles. The van der Waals surface area contributed by atoms with E-state index in [1.54, 1.807) is 0 Å². The van der Waals surface area contributed by atoms with Crippen LogP contribution in [0, 0.1) is 0 Å². The summed E-state index contributed by atoms with van der Waals surface area (Å²) in [5, 5.41) is 9.28. The standard InChI is InChI=1S/2C18H38N.Mg/c2*1-3-5-7-9-11-13-15-17-19-18-16-14-12-10-8-6-4-2;/h2*3-18H2,1-2H3;/q2*-1;+2. The molecule has 0 aromatic carbocycles. The van der Waals surface area contributed by atoms with Crippen molar-refractivity contribution >= 4 is 23.1 Å². The van der Waals surface area contributed by atoms with E-state index in [-0.39, 0.29) is 23.1 Å². The molecule has 0 saturated carbocycles. The van der Waals surface area contributed by atoms with Crippen molar-refractivity contribution in [2.45, 2.75) is 207 Å². The number of nitrogens with zero attached hydrogens (tertiary/aromatic N) is 2. The van der Waals surface area contributed by atoms with Gasteiger partial charge in [-0.2, -0.15) is 0 Å². The Hall–Kier alpha value is 0.686. The molecule has 0 heterocycles. The Bertz CT molecular complexity index is 298. The van der Waals surface area contributed by atoms with Gasteiger partial charge in [-0.25, -0.2) is 0 Å². The van der Waals surface area contributed by atoms with E-state index in [9.17, 15) is 0 Å². The summed E-state index contributed by atoms with van der Waals surface area (Å²) in [5.74, 6) is 0. The number of hydrogen-bond acceptors (Lipinski definition) is 0. The van der Waals surface area contributed by atoms with Gasteiger partial charge in [0.25, 0.3) is 0 Å². The van der Waals surface area contributed by atoms with Crippen LogP contribution in [0.5, 0.6) is 0 Å². The molecule has 0 aromatic heterocycles. The molecule has 0 saturated heterocycles. The molecule has 0 N–H and O–H groups in total. The minimum absolute atomic E-state index is 0. The summed E-state index contributed by atoms with van der Waals surface area (Å²) in [4.78, 5) is 0. The van der Waals surface area contributed by atoms with Crippen molar-refractivity contribution in [1.82, 2.24) is 0 Å². The molecule has 0 radical (unpaired) electrons. The Labute approximate surface area is 266 Å². The summed E-state index contributed by atoms with van der Waals surface area (Å²) >= 11 is 0. The molecule has 0 aliphatic heterocycles. The minimum Gasteiger partial charge on any atom is -0.662 e. The van der Waals surface area contributed by atoms with Gasteiger partial charge in [-0.1, -0.05) is 207 Å². The van der Waals surface area contributed by atoms with Crippen LogP contribution < -0.4 is 0 Å². The molecule has 3 heteroatoms. The third-order valence-electron chi connectivity index (χ3n) is 7.68. The maximum atomic E-state index is 4.64. The monoisotopic (exact) mass is 561 g/mol. The first kappa shape index (κ1) is 44.1. The van der Waals surface area contributed by atoms with Gasteiger partial charge in [-0.15, -0.1) is 26.2 Å². The van der Waals surface area contributed by atoms with Crippen LogP contribution in [-0.4, -0.2) is 49.2 Å². The van der Waals surface area contributed by atoms with E-state index in [0.29, 0.717) is 0 Å². The van der Waals surface area contributed by atoms with Gasteiger partial charge in [0.1, 0.15) is 0 Å². The first-order valence-electron chi connectivity index (χ1n) is 18.1. The van der Waals surface area contributed by atoms with E-state index in [1.165, 1.54) is 180 Å². The van der Waals surface area contributed by atoms with Crippen molar-refractivity contribution < 1.29 is 0 Å². The largest absolute Gasteiger partial charge is 2.00 e. The van der Waals surface area contributed by atoms with Crippen molar-refractivity contribution in [1.29, 1.82) is 0 Å². The number of rotatable bonds is 32. The first-order valence-corrected chi connectivity index (χ1v) is 18.1. The Morgan fingerprint density at radius 3 is 0.564 bits per heavy atom. The van der Waals surface area contributed by atoms with Crippen LogP contribution >= 0.6 is 0 Å². The van der Waals surface area contributed by atoms with Gasteiger partial charge in [-0.05, 0) is 0 Å². The van der Waals surface area contributed by atoms with Crippen LogP contribution in [0.3, 0.4) is 0 Å². The maximum Gasteiger partial charge on any atom is 2.00 e. The zero-order chi connectivity index (χ0) is 28.0. The first-order chi connectivity index (χ1) is 18.8. The molecule has 39 heavy (non-hydrogen) atoms. The summed E-state index contributed by atoms with van der Waals surface area (Å²) in [6.45, 7) is 13.6. The van der Waals surface area contributed by atoms with Crippen LogP contribution in [-0.2, 0) is 0 Å². The van der Waals surface area contributed by atoms with Gasteiger partial charge in [0.15, 0.2) is 0 Å². The van der Waals surface area contributed by atoms with Crippen molar-refractivity contribution in [2.24, 2.45) is 0 Å². The summed E-state index contributed by atoms with van der Waals surface area (Å²) < 4.78 is 0. The molecule has 0 aliphatic rings. The second-order valence-electron chi connectivity index (χ2n) is 11.8. The van der Waals surface area contributed by atoms with E-state index in [0.717, 1.165) is 26.2 Å². The fourth-order valence-electron chi connectivity index (χ4n) is 4.95. The molecule has 0 unspecified atom stereocenters. The fraction of sp³-hybridized carbons (Fsp3) is 1.00. The molecule has 0 aromatic rings. The van der Waals surface area contributed by atoms with E-state index < -0.39 is 0 Å². The Morgan fingerprint density at radius 2 is 0.385 bits per heavy atom. The van der Waals surface area contributed by atoms with Gasteiger partial charge < -0.3 is 10.6 Å². The second kappa shape index (κ2) is 45.7. The predicted molar refractivity (Wildman–Crippen MR) is 184 cm³/mol. The molecule has 0 amide bonds. The van der Waals surface area contributed by atoms with Crippen LogP contribution in [0.4, 0.5) is 0 Å². The summed E-state index contributed by atoms with van der Waals surface area (Å²) in [5.41, 5.74) is 0. The topological polar surface area (TPSA) is 28.2 Å². The van der Waals surface area contributed by atoms with Gasteiger partial charge in [0.2, 0.25) is 0 Å². The Balaban J connectivity index is -0.000000648. The van der Waals surface area contributed by atoms with Gasteiger partial charge in [0, 0.05) is 0 Å². The van der Waals surface area contributed by atoms with Crippen molar-refractivity contribution in [3.05, 3.63) is 10.6 Å². The molecule has 0 spiro atoms. The van der Waals surface area contributed by atoms with Crippen LogP contribution in [0.25, 0.3) is 10.6 Å². The minimum atomic E-state index is 0.